The lowest BCUT2D eigenvalue weighted by Gasteiger charge is -2.24. The largest absolute Gasteiger partial charge is 0.323 e. The van der Waals surface area contributed by atoms with Crippen LogP contribution < -0.4 is 10.6 Å². The van der Waals surface area contributed by atoms with Crippen molar-refractivity contribution in [3.63, 3.8) is 0 Å². The molecule has 0 unspecified atom stereocenters. The molecule has 3 rings (SSSR count). The lowest BCUT2D eigenvalue weighted by atomic mass is 10.1. The van der Waals surface area contributed by atoms with Crippen molar-refractivity contribution in [1.29, 1.82) is 0 Å². The van der Waals surface area contributed by atoms with Gasteiger partial charge < -0.3 is 15.5 Å². The summed E-state index contributed by atoms with van der Waals surface area (Å²) in [7, 11) is 0. The number of carbonyl (C=O) groups is 1. The first kappa shape index (κ1) is 12.4. The molecule has 0 aromatic heterocycles. The molecule has 1 aromatic carbocycles. The SMILES string of the molecule is O=C(Nc1ccc(F)cc1)N1CC[C@H]2CC[C@@H](C1)N2. The Morgan fingerprint density at radius 1 is 1.21 bits per heavy atom. The number of nitrogens with zero attached hydrogens (tertiary/aromatic N) is 1. The molecule has 0 radical (unpaired) electrons. The zero-order chi connectivity index (χ0) is 13.2. The van der Waals surface area contributed by atoms with E-state index in [1.54, 1.807) is 12.1 Å². The predicted octanol–water partition coefficient (Wildman–Crippen LogP) is 2.18. The molecule has 2 heterocycles. The van der Waals surface area contributed by atoms with Crippen LogP contribution in [-0.4, -0.2) is 36.1 Å². The van der Waals surface area contributed by atoms with Crippen LogP contribution >= 0.6 is 0 Å². The average molecular weight is 263 g/mol. The summed E-state index contributed by atoms with van der Waals surface area (Å²) < 4.78 is 12.8. The topological polar surface area (TPSA) is 44.4 Å². The molecule has 0 spiro atoms. The first-order valence-electron chi connectivity index (χ1n) is 6.78. The molecule has 2 fully saturated rings. The smallest absolute Gasteiger partial charge is 0.321 e. The van der Waals surface area contributed by atoms with Gasteiger partial charge in [-0.3, -0.25) is 0 Å². The number of carbonyl (C=O) groups excluding carboxylic acids is 1. The van der Waals surface area contributed by atoms with E-state index in [-0.39, 0.29) is 11.8 Å². The molecule has 4 nitrogen and oxygen atoms in total. The monoisotopic (exact) mass is 263 g/mol. The normalized spacial score (nSPS) is 26.1. The highest BCUT2D eigenvalue weighted by molar-refractivity contribution is 5.89. The van der Waals surface area contributed by atoms with Gasteiger partial charge in [-0.05, 0) is 43.5 Å². The second-order valence-electron chi connectivity index (χ2n) is 5.31. The maximum absolute atomic E-state index is 12.8. The zero-order valence-corrected chi connectivity index (χ0v) is 10.7. The fraction of sp³-hybridized carbons (Fsp3) is 0.500. The van der Waals surface area contributed by atoms with Crippen LogP contribution in [0.5, 0.6) is 0 Å². The quantitative estimate of drug-likeness (QED) is 0.815. The first-order chi connectivity index (χ1) is 9.20. The number of rotatable bonds is 1. The van der Waals surface area contributed by atoms with Crippen LogP contribution in [0.2, 0.25) is 0 Å². The van der Waals surface area contributed by atoms with Crippen molar-refractivity contribution < 1.29 is 9.18 Å². The highest BCUT2D eigenvalue weighted by atomic mass is 19.1. The van der Waals surface area contributed by atoms with Gasteiger partial charge in [0.2, 0.25) is 0 Å². The Bertz CT molecular complexity index is 462. The van der Waals surface area contributed by atoms with E-state index in [1.165, 1.54) is 18.6 Å². The number of anilines is 1. The first-order valence-corrected chi connectivity index (χ1v) is 6.78. The molecule has 19 heavy (non-hydrogen) atoms. The van der Waals surface area contributed by atoms with E-state index in [1.807, 2.05) is 4.90 Å². The molecule has 0 saturated carbocycles. The molecule has 2 bridgehead atoms. The summed E-state index contributed by atoms with van der Waals surface area (Å²) in [6.45, 7) is 1.53. The predicted molar refractivity (Wildman–Crippen MR) is 71.6 cm³/mol. The van der Waals surface area contributed by atoms with Gasteiger partial charge in [-0.15, -0.1) is 0 Å². The van der Waals surface area contributed by atoms with Gasteiger partial charge in [0, 0.05) is 30.9 Å². The lowest BCUT2D eigenvalue weighted by molar-refractivity contribution is 0.208. The zero-order valence-electron chi connectivity index (χ0n) is 10.7. The number of amides is 2. The van der Waals surface area contributed by atoms with Gasteiger partial charge in [0.1, 0.15) is 5.82 Å². The van der Waals surface area contributed by atoms with Crippen LogP contribution in [0.1, 0.15) is 19.3 Å². The number of urea groups is 1. The van der Waals surface area contributed by atoms with Gasteiger partial charge in [-0.25, -0.2) is 9.18 Å². The maximum Gasteiger partial charge on any atom is 0.321 e. The molecule has 2 aliphatic rings. The third-order valence-corrected chi connectivity index (χ3v) is 3.91. The summed E-state index contributed by atoms with van der Waals surface area (Å²) in [5, 5.41) is 6.36. The van der Waals surface area contributed by atoms with Gasteiger partial charge in [0.25, 0.3) is 0 Å². The fourth-order valence-electron chi connectivity index (χ4n) is 2.86. The Morgan fingerprint density at radius 3 is 2.74 bits per heavy atom. The maximum atomic E-state index is 12.8. The molecule has 0 aliphatic carbocycles. The van der Waals surface area contributed by atoms with E-state index >= 15 is 0 Å². The standard InChI is InChI=1S/C14H18FN3O/c15-10-1-3-11(4-2-10)17-14(19)18-8-7-12-5-6-13(9-18)16-12/h1-4,12-13,16H,5-9H2,(H,17,19)/t12-,13+/m1/s1. The van der Waals surface area contributed by atoms with Crippen LogP contribution in [0.25, 0.3) is 0 Å². The third kappa shape index (κ3) is 2.87. The van der Waals surface area contributed by atoms with Crippen LogP contribution in [0.4, 0.5) is 14.9 Å². The minimum absolute atomic E-state index is 0.0963. The number of hydrogen-bond acceptors (Lipinski definition) is 2. The third-order valence-electron chi connectivity index (χ3n) is 3.91. The molecule has 1 aromatic rings. The highest BCUT2D eigenvalue weighted by Crippen LogP contribution is 2.21. The molecule has 2 aliphatic heterocycles. The minimum Gasteiger partial charge on any atom is -0.323 e. The molecule has 2 atom stereocenters. The highest BCUT2D eigenvalue weighted by Gasteiger charge is 2.31. The van der Waals surface area contributed by atoms with Crippen molar-refractivity contribution in [1.82, 2.24) is 10.2 Å². The van der Waals surface area contributed by atoms with Crippen molar-refractivity contribution in [2.24, 2.45) is 0 Å². The summed E-state index contributed by atoms with van der Waals surface area (Å²) in [4.78, 5) is 14.0. The summed E-state index contributed by atoms with van der Waals surface area (Å²) in [5.74, 6) is -0.297. The van der Waals surface area contributed by atoms with Gasteiger partial charge in [0.05, 0.1) is 0 Å². The van der Waals surface area contributed by atoms with E-state index in [0.717, 1.165) is 25.9 Å². The van der Waals surface area contributed by atoms with E-state index in [9.17, 15) is 9.18 Å². The Kier molecular flexibility index (Phi) is 3.38. The summed E-state index contributed by atoms with van der Waals surface area (Å²) in [5.41, 5.74) is 0.633. The van der Waals surface area contributed by atoms with Gasteiger partial charge >= 0.3 is 6.03 Å². The minimum atomic E-state index is -0.297. The Labute approximate surface area is 112 Å². The van der Waals surface area contributed by atoms with E-state index in [4.69, 9.17) is 0 Å². The summed E-state index contributed by atoms with van der Waals surface area (Å²) in [6, 6.07) is 6.75. The second-order valence-corrected chi connectivity index (χ2v) is 5.31. The number of likely N-dealkylation sites (tertiary alicyclic amines) is 1. The van der Waals surface area contributed by atoms with Crippen LogP contribution in [0, 0.1) is 5.82 Å². The van der Waals surface area contributed by atoms with Gasteiger partial charge in [0.15, 0.2) is 0 Å². The number of hydrogen-bond donors (Lipinski definition) is 2. The van der Waals surface area contributed by atoms with Crippen molar-refractivity contribution in [2.75, 3.05) is 18.4 Å². The van der Waals surface area contributed by atoms with E-state index < -0.39 is 0 Å². The molecule has 2 saturated heterocycles. The number of nitrogens with one attached hydrogen (secondary N) is 2. The molecule has 2 amide bonds. The van der Waals surface area contributed by atoms with Crippen molar-refractivity contribution in [3.05, 3.63) is 30.1 Å². The average Bonchev–Trinajstić information content (AvgIpc) is 2.71. The fourth-order valence-corrected chi connectivity index (χ4v) is 2.86. The summed E-state index contributed by atoms with van der Waals surface area (Å²) in [6.07, 6.45) is 3.37. The molecule has 5 heteroatoms. The van der Waals surface area contributed by atoms with Crippen LogP contribution in [0.15, 0.2) is 24.3 Å². The summed E-state index contributed by atoms with van der Waals surface area (Å²) >= 11 is 0. The van der Waals surface area contributed by atoms with E-state index in [0.29, 0.717) is 17.8 Å². The molecular formula is C14H18FN3O. The van der Waals surface area contributed by atoms with Gasteiger partial charge in [-0.1, -0.05) is 0 Å². The molecule has 2 N–H and O–H groups in total. The Morgan fingerprint density at radius 2 is 1.95 bits per heavy atom. The number of fused-ring (bicyclic) bond motifs is 2. The molecular weight excluding hydrogens is 245 g/mol. The number of halogens is 1. The number of benzene rings is 1. The Balaban J connectivity index is 1.62. The van der Waals surface area contributed by atoms with Crippen LogP contribution in [0.3, 0.4) is 0 Å². The van der Waals surface area contributed by atoms with Crippen molar-refractivity contribution >= 4 is 11.7 Å². The van der Waals surface area contributed by atoms with Crippen molar-refractivity contribution in [3.8, 4) is 0 Å². The molecule has 102 valence electrons. The van der Waals surface area contributed by atoms with Gasteiger partial charge in [-0.2, -0.15) is 0 Å². The van der Waals surface area contributed by atoms with E-state index in [2.05, 4.69) is 10.6 Å². The van der Waals surface area contributed by atoms with Crippen LogP contribution in [-0.2, 0) is 0 Å². The lowest BCUT2D eigenvalue weighted by Crippen LogP contribution is -2.41. The van der Waals surface area contributed by atoms with Crippen molar-refractivity contribution in [2.45, 2.75) is 31.3 Å². The Hall–Kier alpha value is -1.62. The second kappa shape index (κ2) is 5.17.